The Morgan fingerprint density at radius 3 is 2.63 bits per heavy atom. The number of hydrogen-bond donors (Lipinski definition) is 3. The Balaban J connectivity index is 1.93. The van der Waals surface area contributed by atoms with E-state index in [1.54, 1.807) is 43.3 Å². The fraction of sp³-hybridized carbons (Fsp3) is 0.174. The average molecular weight is 497 g/mol. The molecule has 0 unspecified atom stereocenters. The van der Waals surface area contributed by atoms with Gasteiger partial charge in [0.1, 0.15) is 23.3 Å². The molecule has 0 saturated carbocycles. The van der Waals surface area contributed by atoms with E-state index in [1.807, 2.05) is 6.07 Å². The summed E-state index contributed by atoms with van der Waals surface area (Å²) < 4.78 is 27.3. The molecule has 1 atom stereocenters. The van der Waals surface area contributed by atoms with Crippen LogP contribution in [0.15, 0.2) is 47.3 Å². The standard InChI is InChI=1S/C23H19ClF2N8O/c1-11(30-20-14(10-27)19(28)32-23(29)33-20)21-31-16-7-3-6-15(24)18(16)22(35)34(21)13-5-2-4-12(8-13)9-17(25)26/h2-8,11,17H,9H2,1H3,(H5,28,29,30,32,33)/t11-/m0/s1. The molecule has 0 aliphatic carbocycles. The molecule has 4 aromatic rings. The zero-order chi connectivity index (χ0) is 25.3. The first-order chi connectivity index (χ1) is 16.7. The van der Waals surface area contributed by atoms with Gasteiger partial charge in [-0.25, -0.2) is 13.8 Å². The van der Waals surface area contributed by atoms with E-state index in [9.17, 15) is 18.8 Å². The van der Waals surface area contributed by atoms with Gasteiger partial charge in [0.15, 0.2) is 5.82 Å². The molecule has 0 fully saturated rings. The van der Waals surface area contributed by atoms with E-state index in [1.165, 1.54) is 10.6 Å². The van der Waals surface area contributed by atoms with Crippen LogP contribution in [0.4, 0.5) is 26.4 Å². The molecule has 0 bridgehead atoms. The maximum atomic E-state index is 13.6. The summed E-state index contributed by atoms with van der Waals surface area (Å²) in [7, 11) is 0. The lowest BCUT2D eigenvalue weighted by molar-refractivity contribution is 0.149. The molecule has 0 amide bonds. The topological polar surface area (TPSA) is 149 Å². The van der Waals surface area contributed by atoms with Crippen molar-refractivity contribution >= 4 is 40.1 Å². The van der Waals surface area contributed by atoms with Crippen LogP contribution in [0.25, 0.3) is 16.6 Å². The van der Waals surface area contributed by atoms with Crippen molar-refractivity contribution in [2.75, 3.05) is 16.8 Å². The summed E-state index contributed by atoms with van der Waals surface area (Å²) in [5.74, 6) is 0.0265. The molecule has 0 radical (unpaired) electrons. The third-order valence-electron chi connectivity index (χ3n) is 5.24. The molecule has 2 aromatic carbocycles. The third-order valence-corrected chi connectivity index (χ3v) is 5.55. The minimum absolute atomic E-state index is 0.0253. The molecular weight excluding hydrogens is 478 g/mol. The third kappa shape index (κ3) is 4.69. The summed E-state index contributed by atoms with van der Waals surface area (Å²) in [6.07, 6.45) is -3.03. The highest BCUT2D eigenvalue weighted by Gasteiger charge is 2.22. The van der Waals surface area contributed by atoms with Crippen molar-refractivity contribution in [1.82, 2.24) is 19.5 Å². The second kappa shape index (κ2) is 9.52. The normalized spacial score (nSPS) is 12.0. The summed E-state index contributed by atoms with van der Waals surface area (Å²) in [6.45, 7) is 1.69. The van der Waals surface area contributed by atoms with Crippen LogP contribution in [0, 0.1) is 11.3 Å². The van der Waals surface area contributed by atoms with E-state index in [2.05, 4.69) is 20.3 Å². The van der Waals surface area contributed by atoms with Crippen LogP contribution < -0.4 is 22.3 Å². The Morgan fingerprint density at radius 1 is 1.17 bits per heavy atom. The molecule has 12 heteroatoms. The molecule has 0 aliphatic heterocycles. The molecular formula is C23H19ClF2N8O. The Hall–Kier alpha value is -4.30. The van der Waals surface area contributed by atoms with E-state index in [4.69, 9.17) is 23.1 Å². The van der Waals surface area contributed by atoms with Crippen LogP contribution in [-0.2, 0) is 6.42 Å². The van der Waals surface area contributed by atoms with Crippen LogP contribution in [-0.4, -0.2) is 25.9 Å². The van der Waals surface area contributed by atoms with Crippen LogP contribution in [0.5, 0.6) is 0 Å². The highest BCUT2D eigenvalue weighted by Crippen LogP contribution is 2.27. The van der Waals surface area contributed by atoms with Gasteiger partial charge >= 0.3 is 0 Å². The van der Waals surface area contributed by atoms with Gasteiger partial charge in [-0.1, -0.05) is 29.8 Å². The number of anilines is 3. The first kappa shape index (κ1) is 23.8. The van der Waals surface area contributed by atoms with E-state index < -0.39 is 24.4 Å². The minimum atomic E-state index is -2.55. The largest absolute Gasteiger partial charge is 0.382 e. The lowest BCUT2D eigenvalue weighted by Gasteiger charge is -2.21. The number of fused-ring (bicyclic) bond motifs is 1. The number of rotatable bonds is 6. The van der Waals surface area contributed by atoms with Crippen LogP contribution >= 0.6 is 11.6 Å². The Bertz CT molecular complexity index is 1530. The van der Waals surface area contributed by atoms with Gasteiger partial charge in [-0.05, 0) is 36.8 Å². The molecule has 0 saturated heterocycles. The van der Waals surface area contributed by atoms with E-state index in [0.717, 1.165) is 0 Å². The average Bonchev–Trinajstić information content (AvgIpc) is 2.78. The molecule has 35 heavy (non-hydrogen) atoms. The molecule has 2 aromatic heterocycles. The highest BCUT2D eigenvalue weighted by molar-refractivity contribution is 6.35. The first-order valence-corrected chi connectivity index (χ1v) is 10.8. The second-order valence-corrected chi connectivity index (χ2v) is 8.09. The molecule has 9 nitrogen and oxygen atoms in total. The smallest absolute Gasteiger partial charge is 0.267 e. The zero-order valence-electron chi connectivity index (χ0n) is 18.3. The van der Waals surface area contributed by atoms with Crippen molar-refractivity contribution in [3.05, 3.63) is 74.8 Å². The number of nitrogens with two attached hydrogens (primary N) is 2. The summed E-state index contributed by atoms with van der Waals surface area (Å²) >= 11 is 6.31. The fourth-order valence-electron chi connectivity index (χ4n) is 3.73. The van der Waals surface area contributed by atoms with Crippen LogP contribution in [0.1, 0.15) is 29.9 Å². The number of halogens is 3. The number of hydrogen-bond acceptors (Lipinski definition) is 8. The van der Waals surface area contributed by atoms with Gasteiger partial charge in [-0.3, -0.25) is 9.36 Å². The number of nitrogen functional groups attached to an aromatic ring is 2. The van der Waals surface area contributed by atoms with Crippen molar-refractivity contribution in [1.29, 1.82) is 5.26 Å². The van der Waals surface area contributed by atoms with Crippen molar-refractivity contribution in [3.63, 3.8) is 0 Å². The van der Waals surface area contributed by atoms with Crippen molar-refractivity contribution in [3.8, 4) is 11.8 Å². The molecule has 0 aliphatic rings. The predicted octanol–water partition coefficient (Wildman–Crippen LogP) is 3.85. The lowest BCUT2D eigenvalue weighted by Crippen LogP contribution is -2.28. The van der Waals surface area contributed by atoms with Crippen molar-refractivity contribution in [2.24, 2.45) is 0 Å². The predicted molar refractivity (Wildman–Crippen MR) is 130 cm³/mol. The van der Waals surface area contributed by atoms with Gasteiger partial charge in [-0.15, -0.1) is 0 Å². The highest BCUT2D eigenvalue weighted by atomic mass is 35.5. The number of aromatic nitrogens is 4. The quantitative estimate of drug-likeness (QED) is 0.364. The van der Waals surface area contributed by atoms with E-state index in [-0.39, 0.29) is 39.4 Å². The van der Waals surface area contributed by atoms with Gasteiger partial charge in [-0.2, -0.15) is 15.2 Å². The van der Waals surface area contributed by atoms with Crippen molar-refractivity contribution < 1.29 is 8.78 Å². The van der Waals surface area contributed by atoms with Gasteiger partial charge in [0, 0.05) is 6.42 Å². The molecule has 0 spiro atoms. The Labute approximate surface area is 203 Å². The monoisotopic (exact) mass is 496 g/mol. The molecule has 5 N–H and O–H groups in total. The number of alkyl halides is 2. The first-order valence-electron chi connectivity index (χ1n) is 10.4. The molecule has 178 valence electrons. The van der Waals surface area contributed by atoms with Crippen molar-refractivity contribution in [2.45, 2.75) is 25.8 Å². The van der Waals surface area contributed by atoms with Gasteiger partial charge in [0.05, 0.1) is 27.7 Å². The molecule has 4 rings (SSSR count). The maximum Gasteiger partial charge on any atom is 0.267 e. The van der Waals surface area contributed by atoms with Gasteiger partial charge < -0.3 is 16.8 Å². The summed E-state index contributed by atoms with van der Waals surface area (Å²) in [5, 5.41) is 12.9. The summed E-state index contributed by atoms with van der Waals surface area (Å²) in [6, 6.07) is 12.3. The second-order valence-electron chi connectivity index (χ2n) is 7.68. The number of nitrogens with zero attached hydrogens (tertiary/aromatic N) is 5. The number of nitriles is 1. The SMILES string of the molecule is C[C@H](Nc1nc(N)nc(N)c1C#N)c1nc2cccc(Cl)c2c(=O)n1-c1cccc(CC(F)F)c1. The zero-order valence-corrected chi connectivity index (χ0v) is 19.1. The number of benzene rings is 2. The van der Waals surface area contributed by atoms with Gasteiger partial charge in [0.2, 0.25) is 12.4 Å². The maximum absolute atomic E-state index is 13.6. The van der Waals surface area contributed by atoms with Crippen LogP contribution in [0.2, 0.25) is 5.02 Å². The summed E-state index contributed by atoms with van der Waals surface area (Å²) in [4.78, 5) is 26.1. The number of nitrogens with one attached hydrogen (secondary N) is 1. The Morgan fingerprint density at radius 2 is 1.91 bits per heavy atom. The minimum Gasteiger partial charge on any atom is -0.382 e. The van der Waals surface area contributed by atoms with Crippen LogP contribution in [0.3, 0.4) is 0 Å². The molecule has 2 heterocycles. The Kier molecular flexibility index (Phi) is 6.48. The fourth-order valence-corrected chi connectivity index (χ4v) is 3.98. The summed E-state index contributed by atoms with van der Waals surface area (Å²) in [5.41, 5.74) is 12.0. The van der Waals surface area contributed by atoms with E-state index in [0.29, 0.717) is 16.8 Å². The van der Waals surface area contributed by atoms with E-state index >= 15 is 0 Å². The van der Waals surface area contributed by atoms with Gasteiger partial charge in [0.25, 0.3) is 5.56 Å². The lowest BCUT2D eigenvalue weighted by atomic mass is 10.1.